The molecule has 0 aliphatic rings. The molecule has 200 valence electrons. The minimum atomic E-state index is 0.936. The molecule has 9 aromatic rings. The van der Waals surface area contributed by atoms with E-state index in [-0.39, 0.29) is 0 Å². The van der Waals surface area contributed by atoms with Gasteiger partial charge in [0.1, 0.15) is 0 Å². The second kappa shape index (κ2) is 9.37. The molecule has 3 heterocycles. The molecule has 0 fully saturated rings. The van der Waals surface area contributed by atoms with Crippen LogP contribution in [0.1, 0.15) is 0 Å². The van der Waals surface area contributed by atoms with Gasteiger partial charge in [-0.15, -0.1) is 0 Å². The molecule has 3 aromatic heterocycles. The van der Waals surface area contributed by atoms with Crippen molar-refractivity contribution in [3.63, 3.8) is 0 Å². The molecule has 6 aromatic carbocycles. The molecule has 0 radical (unpaired) electrons. The van der Waals surface area contributed by atoms with Crippen molar-refractivity contribution in [1.82, 2.24) is 14.5 Å². The molecule has 0 N–H and O–H groups in total. The van der Waals surface area contributed by atoms with E-state index in [1.54, 1.807) is 0 Å². The summed E-state index contributed by atoms with van der Waals surface area (Å²) in [5.41, 5.74) is 11.2. The summed E-state index contributed by atoms with van der Waals surface area (Å²) in [4.78, 5) is 9.78. The van der Waals surface area contributed by atoms with E-state index in [9.17, 15) is 0 Å². The predicted octanol–water partition coefficient (Wildman–Crippen LogP) is 10.4. The molecular formula is C40H25N3. The third-order valence-corrected chi connectivity index (χ3v) is 8.61. The second-order valence-corrected chi connectivity index (χ2v) is 11.0. The standard InChI is InChI=1S/C40H25N3/c1-4-15-35-33(14-1)38(34-23-22-28-10-8-24-41-39(28)40(34)42-35)27-20-18-26(19-21-27)29-9-7-11-30(25-29)43-36-16-5-2-12-31(36)32-13-3-6-17-37(32)43/h1-25H. The van der Waals surface area contributed by atoms with Crippen LogP contribution in [0, 0.1) is 0 Å². The van der Waals surface area contributed by atoms with Gasteiger partial charge in [-0.3, -0.25) is 4.98 Å². The first kappa shape index (κ1) is 23.9. The maximum atomic E-state index is 5.07. The topological polar surface area (TPSA) is 30.7 Å². The maximum absolute atomic E-state index is 5.07. The van der Waals surface area contributed by atoms with Crippen LogP contribution in [0.25, 0.3) is 82.5 Å². The number of pyridine rings is 2. The van der Waals surface area contributed by atoms with Gasteiger partial charge in [-0.2, -0.15) is 0 Å². The lowest BCUT2D eigenvalue weighted by atomic mass is 9.93. The van der Waals surface area contributed by atoms with E-state index in [4.69, 9.17) is 9.97 Å². The molecule has 3 heteroatoms. The number of para-hydroxylation sites is 3. The van der Waals surface area contributed by atoms with Gasteiger partial charge in [0.05, 0.1) is 27.6 Å². The molecule has 9 rings (SSSR count). The summed E-state index contributed by atoms with van der Waals surface area (Å²) in [6.07, 6.45) is 1.85. The van der Waals surface area contributed by atoms with Crippen molar-refractivity contribution in [2.45, 2.75) is 0 Å². The molecule has 0 aliphatic heterocycles. The van der Waals surface area contributed by atoms with Crippen molar-refractivity contribution < 1.29 is 0 Å². The third kappa shape index (κ3) is 3.68. The van der Waals surface area contributed by atoms with Gasteiger partial charge in [-0.05, 0) is 53.1 Å². The largest absolute Gasteiger partial charge is 0.309 e. The van der Waals surface area contributed by atoms with Gasteiger partial charge in [0, 0.05) is 44.4 Å². The number of hydrogen-bond acceptors (Lipinski definition) is 2. The normalized spacial score (nSPS) is 11.7. The molecule has 0 unspecified atom stereocenters. The highest BCUT2D eigenvalue weighted by Crippen LogP contribution is 2.38. The summed E-state index contributed by atoms with van der Waals surface area (Å²) in [6.45, 7) is 0. The van der Waals surface area contributed by atoms with Gasteiger partial charge in [0.25, 0.3) is 0 Å². The molecule has 0 amide bonds. The van der Waals surface area contributed by atoms with E-state index in [2.05, 4.69) is 144 Å². The van der Waals surface area contributed by atoms with E-state index in [1.165, 1.54) is 44.1 Å². The highest BCUT2D eigenvalue weighted by atomic mass is 15.0. The molecule has 0 bridgehead atoms. The Bertz CT molecular complexity index is 2450. The van der Waals surface area contributed by atoms with Crippen LogP contribution in [0.4, 0.5) is 0 Å². The number of rotatable bonds is 3. The van der Waals surface area contributed by atoms with Crippen molar-refractivity contribution in [2.24, 2.45) is 0 Å². The summed E-state index contributed by atoms with van der Waals surface area (Å²) in [5.74, 6) is 0. The number of fused-ring (bicyclic) bond motifs is 7. The molecular weight excluding hydrogens is 522 g/mol. The predicted molar refractivity (Wildman–Crippen MR) is 180 cm³/mol. The molecule has 3 nitrogen and oxygen atoms in total. The zero-order valence-corrected chi connectivity index (χ0v) is 23.3. The quantitative estimate of drug-likeness (QED) is 0.163. The first-order valence-corrected chi connectivity index (χ1v) is 14.6. The molecule has 0 spiro atoms. The average molecular weight is 548 g/mol. The van der Waals surface area contributed by atoms with Gasteiger partial charge < -0.3 is 4.57 Å². The van der Waals surface area contributed by atoms with Crippen LogP contribution >= 0.6 is 0 Å². The Morgan fingerprint density at radius 1 is 0.442 bits per heavy atom. The first-order valence-electron chi connectivity index (χ1n) is 14.6. The van der Waals surface area contributed by atoms with E-state index >= 15 is 0 Å². The monoisotopic (exact) mass is 547 g/mol. The Morgan fingerprint density at radius 3 is 1.93 bits per heavy atom. The Kier molecular flexibility index (Phi) is 5.20. The fourth-order valence-electron chi connectivity index (χ4n) is 6.66. The van der Waals surface area contributed by atoms with Crippen LogP contribution in [0.5, 0.6) is 0 Å². The smallest absolute Gasteiger partial charge is 0.0978 e. The van der Waals surface area contributed by atoms with Crippen LogP contribution in [-0.2, 0) is 0 Å². The van der Waals surface area contributed by atoms with E-state index in [0.29, 0.717) is 0 Å². The number of benzene rings is 6. The van der Waals surface area contributed by atoms with Gasteiger partial charge in [-0.1, -0.05) is 109 Å². The Labute approximate surface area is 248 Å². The SMILES string of the molecule is c1cc(-c2ccc(-c3c4ccccc4nc4c3ccc3cccnc34)cc2)cc(-n2c3ccccc3c3ccccc32)c1. The average Bonchev–Trinajstić information content (AvgIpc) is 3.42. The fraction of sp³-hybridized carbons (Fsp3) is 0. The number of aromatic nitrogens is 3. The number of nitrogens with zero attached hydrogens (tertiary/aromatic N) is 3. The van der Waals surface area contributed by atoms with E-state index in [0.717, 1.165) is 38.4 Å². The third-order valence-electron chi connectivity index (χ3n) is 8.61. The molecule has 43 heavy (non-hydrogen) atoms. The number of hydrogen-bond donors (Lipinski definition) is 0. The van der Waals surface area contributed by atoms with Crippen LogP contribution in [-0.4, -0.2) is 14.5 Å². The van der Waals surface area contributed by atoms with E-state index in [1.807, 2.05) is 12.3 Å². The van der Waals surface area contributed by atoms with Gasteiger partial charge in [0.15, 0.2) is 0 Å². The van der Waals surface area contributed by atoms with Crippen LogP contribution < -0.4 is 0 Å². The highest BCUT2D eigenvalue weighted by molar-refractivity contribution is 6.16. The summed E-state index contributed by atoms with van der Waals surface area (Å²) >= 11 is 0. The minimum Gasteiger partial charge on any atom is -0.309 e. The molecule has 0 aliphatic carbocycles. The lowest BCUT2D eigenvalue weighted by Gasteiger charge is -2.14. The molecule has 0 saturated carbocycles. The van der Waals surface area contributed by atoms with Crippen molar-refractivity contribution in [3.8, 4) is 27.9 Å². The second-order valence-electron chi connectivity index (χ2n) is 11.0. The van der Waals surface area contributed by atoms with Crippen molar-refractivity contribution in [3.05, 3.63) is 152 Å². The van der Waals surface area contributed by atoms with Crippen molar-refractivity contribution >= 4 is 54.5 Å². The fourth-order valence-corrected chi connectivity index (χ4v) is 6.66. The highest BCUT2D eigenvalue weighted by Gasteiger charge is 2.15. The van der Waals surface area contributed by atoms with Gasteiger partial charge >= 0.3 is 0 Å². The minimum absolute atomic E-state index is 0.936. The lowest BCUT2D eigenvalue weighted by molar-refractivity contribution is 1.18. The summed E-state index contributed by atoms with van der Waals surface area (Å²) < 4.78 is 2.37. The zero-order valence-electron chi connectivity index (χ0n) is 23.3. The van der Waals surface area contributed by atoms with Gasteiger partial charge in [-0.25, -0.2) is 4.98 Å². The first-order chi connectivity index (χ1) is 21.3. The van der Waals surface area contributed by atoms with Crippen LogP contribution in [0.3, 0.4) is 0 Å². The van der Waals surface area contributed by atoms with Crippen molar-refractivity contribution in [2.75, 3.05) is 0 Å². The summed E-state index contributed by atoms with van der Waals surface area (Å²) in [5, 5.41) is 5.90. The Balaban J connectivity index is 1.19. The molecule has 0 saturated heterocycles. The van der Waals surface area contributed by atoms with Gasteiger partial charge in [0.2, 0.25) is 0 Å². The summed E-state index contributed by atoms with van der Waals surface area (Å²) in [6, 6.07) is 51.9. The van der Waals surface area contributed by atoms with Crippen LogP contribution in [0.15, 0.2) is 152 Å². The Morgan fingerprint density at radius 2 is 1.14 bits per heavy atom. The van der Waals surface area contributed by atoms with E-state index < -0.39 is 0 Å². The van der Waals surface area contributed by atoms with Crippen molar-refractivity contribution in [1.29, 1.82) is 0 Å². The molecule has 0 atom stereocenters. The maximum Gasteiger partial charge on any atom is 0.0978 e. The van der Waals surface area contributed by atoms with Crippen LogP contribution in [0.2, 0.25) is 0 Å². The summed E-state index contributed by atoms with van der Waals surface area (Å²) in [7, 11) is 0. The Hall–Kier alpha value is -5.80. The zero-order chi connectivity index (χ0) is 28.3. The lowest BCUT2D eigenvalue weighted by Crippen LogP contribution is -1.94.